The summed E-state index contributed by atoms with van der Waals surface area (Å²) in [7, 11) is -3.80. The van der Waals surface area contributed by atoms with Crippen LogP contribution in [0.3, 0.4) is 0 Å². The van der Waals surface area contributed by atoms with Crippen molar-refractivity contribution in [1.29, 1.82) is 0 Å². The third-order valence-electron chi connectivity index (χ3n) is 5.85. The monoisotopic (exact) mass is 498 g/mol. The number of nitrogens with zero attached hydrogens (tertiary/aromatic N) is 2. The molecule has 0 spiro atoms. The number of carbonyl (C=O) groups excluding carboxylic acids is 1. The van der Waals surface area contributed by atoms with Gasteiger partial charge in [0.25, 0.3) is 0 Å². The van der Waals surface area contributed by atoms with Crippen LogP contribution < -0.4 is 0 Å². The Bertz CT molecular complexity index is 1250. The highest BCUT2D eigenvalue weighted by atomic mass is 32.2. The van der Waals surface area contributed by atoms with Gasteiger partial charge in [-0.3, -0.25) is 4.79 Å². The molecule has 3 aromatic rings. The molecule has 0 saturated heterocycles. The maximum atomic E-state index is 13.6. The molecule has 0 radical (unpaired) electrons. The van der Waals surface area contributed by atoms with Gasteiger partial charge in [0, 0.05) is 23.4 Å². The van der Waals surface area contributed by atoms with E-state index in [1.807, 2.05) is 48.7 Å². The third kappa shape index (κ3) is 5.46. The van der Waals surface area contributed by atoms with Crippen LogP contribution in [-0.4, -0.2) is 43.2 Å². The number of carbonyl (C=O) groups is 1. The second-order valence-electron chi connectivity index (χ2n) is 8.18. The van der Waals surface area contributed by atoms with E-state index in [9.17, 15) is 17.6 Å². The van der Waals surface area contributed by atoms with Crippen LogP contribution in [0.2, 0.25) is 0 Å². The molecule has 0 fully saturated rings. The molecule has 1 aromatic heterocycles. The van der Waals surface area contributed by atoms with Gasteiger partial charge in [-0.05, 0) is 59.2 Å². The van der Waals surface area contributed by atoms with Crippen LogP contribution >= 0.6 is 11.3 Å². The number of hydrogen-bond donors (Lipinski definition) is 0. The standard InChI is InChI=1S/C26H27FN2O3S2/c1-2-15-28(34(31,32)18-14-20-6-4-3-5-7-20)19-25(30)29-16-12-24-23(13-17-33-24)26(29)21-8-10-22(27)11-9-21/h3-11,13-14,17-18,26H,2,12,15-16,19H2,1H3. The molecule has 1 unspecified atom stereocenters. The number of hydrogen-bond acceptors (Lipinski definition) is 4. The van der Waals surface area contributed by atoms with Crippen molar-refractivity contribution in [3.8, 4) is 0 Å². The van der Waals surface area contributed by atoms with Crippen molar-refractivity contribution in [3.05, 3.63) is 98.8 Å². The van der Waals surface area contributed by atoms with Crippen molar-refractivity contribution < 1.29 is 17.6 Å². The first-order valence-corrected chi connectivity index (χ1v) is 13.6. The molecule has 0 saturated carbocycles. The highest BCUT2D eigenvalue weighted by Gasteiger charge is 2.34. The third-order valence-corrected chi connectivity index (χ3v) is 8.36. The number of thiophene rings is 1. The average Bonchev–Trinajstić information content (AvgIpc) is 3.32. The predicted octanol–water partition coefficient (Wildman–Crippen LogP) is 5.07. The lowest BCUT2D eigenvalue weighted by Crippen LogP contribution is -2.46. The number of amides is 1. The molecular formula is C26H27FN2O3S2. The van der Waals surface area contributed by atoms with Crippen LogP contribution in [-0.2, 0) is 21.2 Å². The quantitative estimate of drug-likeness (QED) is 0.436. The van der Waals surface area contributed by atoms with Gasteiger partial charge in [0.15, 0.2) is 0 Å². The smallest absolute Gasteiger partial charge is 0.238 e. The van der Waals surface area contributed by atoms with Crippen molar-refractivity contribution in [2.24, 2.45) is 0 Å². The molecule has 5 nitrogen and oxygen atoms in total. The van der Waals surface area contributed by atoms with Gasteiger partial charge >= 0.3 is 0 Å². The van der Waals surface area contributed by atoms with Gasteiger partial charge in [-0.1, -0.05) is 49.4 Å². The Labute approximate surface area is 204 Å². The van der Waals surface area contributed by atoms with E-state index in [-0.39, 0.29) is 30.9 Å². The first-order valence-electron chi connectivity index (χ1n) is 11.2. The lowest BCUT2D eigenvalue weighted by atomic mass is 9.93. The first kappa shape index (κ1) is 24.3. The maximum Gasteiger partial charge on any atom is 0.238 e. The SMILES string of the molecule is CCCN(CC(=O)N1CCc2sccc2C1c1ccc(F)cc1)S(=O)(=O)C=Cc1ccccc1. The van der Waals surface area contributed by atoms with Crippen LogP contribution in [0.25, 0.3) is 6.08 Å². The molecule has 1 aliphatic rings. The van der Waals surface area contributed by atoms with E-state index in [4.69, 9.17) is 0 Å². The highest BCUT2D eigenvalue weighted by molar-refractivity contribution is 7.92. The molecule has 0 aliphatic carbocycles. The van der Waals surface area contributed by atoms with Gasteiger partial charge in [-0.15, -0.1) is 11.3 Å². The number of sulfonamides is 1. The van der Waals surface area contributed by atoms with Gasteiger partial charge < -0.3 is 4.90 Å². The van der Waals surface area contributed by atoms with Gasteiger partial charge in [0.05, 0.1) is 12.6 Å². The van der Waals surface area contributed by atoms with Crippen molar-refractivity contribution in [1.82, 2.24) is 9.21 Å². The lowest BCUT2D eigenvalue weighted by molar-refractivity contribution is -0.133. The summed E-state index contributed by atoms with van der Waals surface area (Å²) in [6.07, 6.45) is 2.84. The van der Waals surface area contributed by atoms with E-state index in [0.29, 0.717) is 19.4 Å². The normalized spacial score (nSPS) is 16.2. The van der Waals surface area contributed by atoms with Gasteiger partial charge in [0.1, 0.15) is 5.82 Å². The van der Waals surface area contributed by atoms with Crippen LogP contribution in [0.5, 0.6) is 0 Å². The molecule has 1 atom stereocenters. The van der Waals surface area contributed by atoms with Crippen molar-refractivity contribution in [2.75, 3.05) is 19.6 Å². The van der Waals surface area contributed by atoms with Gasteiger partial charge in [-0.25, -0.2) is 12.8 Å². The Balaban J connectivity index is 1.59. The van der Waals surface area contributed by atoms with Crippen molar-refractivity contribution in [2.45, 2.75) is 25.8 Å². The molecule has 8 heteroatoms. The number of fused-ring (bicyclic) bond motifs is 1. The summed E-state index contributed by atoms with van der Waals surface area (Å²) in [5.74, 6) is -0.607. The summed E-state index contributed by atoms with van der Waals surface area (Å²) in [6, 6.07) is 17.0. The molecule has 1 aliphatic heterocycles. The Kier molecular flexibility index (Phi) is 7.60. The molecule has 34 heavy (non-hydrogen) atoms. The molecule has 0 N–H and O–H groups in total. The van der Waals surface area contributed by atoms with E-state index >= 15 is 0 Å². The molecule has 0 bridgehead atoms. The van der Waals surface area contributed by atoms with E-state index in [1.54, 1.807) is 34.4 Å². The number of halogens is 1. The fourth-order valence-corrected chi connectivity index (χ4v) is 6.32. The van der Waals surface area contributed by atoms with Crippen LogP contribution in [0.4, 0.5) is 4.39 Å². The molecule has 178 valence electrons. The minimum absolute atomic E-state index is 0.242. The number of benzene rings is 2. The zero-order valence-corrected chi connectivity index (χ0v) is 20.6. The average molecular weight is 499 g/mol. The summed E-state index contributed by atoms with van der Waals surface area (Å²) >= 11 is 1.64. The Morgan fingerprint density at radius 2 is 1.88 bits per heavy atom. The fourth-order valence-electron chi connectivity index (χ4n) is 4.19. The highest BCUT2D eigenvalue weighted by Crippen LogP contribution is 2.38. The zero-order valence-electron chi connectivity index (χ0n) is 18.9. The fraction of sp³-hybridized carbons (Fsp3) is 0.269. The van der Waals surface area contributed by atoms with Gasteiger partial charge in [-0.2, -0.15) is 4.31 Å². The Hall–Kier alpha value is -2.81. The van der Waals surface area contributed by atoms with E-state index < -0.39 is 10.0 Å². The van der Waals surface area contributed by atoms with Crippen LogP contribution in [0.1, 0.15) is 41.0 Å². The maximum absolute atomic E-state index is 13.6. The summed E-state index contributed by atoms with van der Waals surface area (Å²) in [5, 5.41) is 3.16. The van der Waals surface area contributed by atoms with Gasteiger partial charge in [0.2, 0.25) is 15.9 Å². The summed E-state index contributed by atoms with van der Waals surface area (Å²) in [5.41, 5.74) is 2.60. The molecule has 4 rings (SSSR count). The first-order chi connectivity index (χ1) is 16.4. The van der Waals surface area contributed by atoms with E-state index in [2.05, 4.69) is 0 Å². The minimum atomic E-state index is -3.80. The minimum Gasteiger partial charge on any atom is -0.330 e. The van der Waals surface area contributed by atoms with Crippen LogP contribution in [0, 0.1) is 5.82 Å². The van der Waals surface area contributed by atoms with Crippen LogP contribution in [0.15, 0.2) is 71.5 Å². The topological polar surface area (TPSA) is 57.7 Å². The molecule has 2 heterocycles. The molecule has 2 aromatic carbocycles. The summed E-state index contributed by atoms with van der Waals surface area (Å²) in [6.45, 7) is 2.36. The zero-order chi connectivity index (χ0) is 24.1. The van der Waals surface area contributed by atoms with E-state index in [0.717, 1.165) is 22.1 Å². The Morgan fingerprint density at radius 1 is 1.15 bits per heavy atom. The molecule has 1 amide bonds. The van der Waals surface area contributed by atoms with E-state index in [1.165, 1.54) is 21.3 Å². The molecular weight excluding hydrogens is 471 g/mol. The Morgan fingerprint density at radius 3 is 2.59 bits per heavy atom. The lowest BCUT2D eigenvalue weighted by Gasteiger charge is -2.37. The summed E-state index contributed by atoms with van der Waals surface area (Å²) in [4.78, 5) is 16.4. The predicted molar refractivity (Wildman–Crippen MR) is 134 cm³/mol. The number of rotatable bonds is 8. The van der Waals surface area contributed by atoms with Crippen molar-refractivity contribution in [3.63, 3.8) is 0 Å². The van der Waals surface area contributed by atoms with Crippen molar-refractivity contribution >= 4 is 33.3 Å². The second kappa shape index (κ2) is 10.6. The second-order valence-corrected chi connectivity index (χ2v) is 11.0. The summed E-state index contributed by atoms with van der Waals surface area (Å²) < 4.78 is 41.0. The largest absolute Gasteiger partial charge is 0.330 e.